The van der Waals surface area contributed by atoms with E-state index in [0.717, 1.165) is 5.03 Å². The minimum Gasteiger partial charge on any atom is -0.325 e. The zero-order chi connectivity index (χ0) is 13.7. The Labute approximate surface area is 121 Å². The number of hydrogen-bond donors (Lipinski definition) is 1. The standard InChI is InChI=1S/C14H13ClN2OS/c1-10(19-13-7-2-3-8-16-13)14(18)17-12-6-4-5-11(15)9-12/h2-10H,1H3,(H,17,18). The van der Waals surface area contributed by atoms with Crippen LogP contribution in [0, 0.1) is 0 Å². The van der Waals surface area contributed by atoms with Crippen LogP contribution < -0.4 is 5.32 Å². The zero-order valence-electron chi connectivity index (χ0n) is 10.3. The van der Waals surface area contributed by atoms with Crippen LogP contribution in [0.15, 0.2) is 53.7 Å². The van der Waals surface area contributed by atoms with Gasteiger partial charge in [-0.25, -0.2) is 4.98 Å². The highest BCUT2D eigenvalue weighted by Crippen LogP contribution is 2.22. The number of anilines is 1. The quantitative estimate of drug-likeness (QED) is 0.870. The van der Waals surface area contributed by atoms with Crippen LogP contribution in [0.2, 0.25) is 5.02 Å². The number of pyridine rings is 1. The summed E-state index contributed by atoms with van der Waals surface area (Å²) in [5.41, 5.74) is 0.700. The van der Waals surface area contributed by atoms with Crippen molar-refractivity contribution in [2.75, 3.05) is 5.32 Å². The van der Waals surface area contributed by atoms with Crippen molar-refractivity contribution in [3.63, 3.8) is 0 Å². The zero-order valence-corrected chi connectivity index (χ0v) is 11.9. The van der Waals surface area contributed by atoms with E-state index in [1.54, 1.807) is 24.4 Å². The highest BCUT2D eigenvalue weighted by atomic mass is 35.5. The smallest absolute Gasteiger partial charge is 0.237 e. The van der Waals surface area contributed by atoms with Crippen LogP contribution in [0.5, 0.6) is 0 Å². The van der Waals surface area contributed by atoms with Gasteiger partial charge in [0.05, 0.1) is 10.3 Å². The number of amides is 1. The maximum absolute atomic E-state index is 12.0. The first-order chi connectivity index (χ1) is 9.15. The van der Waals surface area contributed by atoms with Gasteiger partial charge in [0.25, 0.3) is 0 Å². The Morgan fingerprint density at radius 1 is 1.32 bits per heavy atom. The van der Waals surface area contributed by atoms with Crippen LogP contribution in [-0.4, -0.2) is 16.1 Å². The Balaban J connectivity index is 1.96. The summed E-state index contributed by atoms with van der Waals surface area (Å²) in [7, 11) is 0. The number of carbonyl (C=O) groups excluding carboxylic acids is 1. The van der Waals surface area contributed by atoms with E-state index in [1.807, 2.05) is 31.2 Å². The summed E-state index contributed by atoms with van der Waals surface area (Å²) in [4.78, 5) is 16.2. The van der Waals surface area contributed by atoms with E-state index in [-0.39, 0.29) is 11.2 Å². The lowest BCUT2D eigenvalue weighted by molar-refractivity contribution is -0.115. The molecule has 1 aromatic heterocycles. The summed E-state index contributed by atoms with van der Waals surface area (Å²) < 4.78 is 0. The number of aromatic nitrogens is 1. The molecule has 2 aromatic rings. The summed E-state index contributed by atoms with van der Waals surface area (Å²) in [6.07, 6.45) is 1.71. The molecule has 0 saturated heterocycles. The summed E-state index contributed by atoms with van der Waals surface area (Å²) in [6, 6.07) is 12.7. The Kier molecular flexibility index (Phi) is 4.82. The van der Waals surface area contributed by atoms with Crippen LogP contribution in [0.4, 0.5) is 5.69 Å². The molecule has 0 saturated carbocycles. The van der Waals surface area contributed by atoms with Crippen LogP contribution in [0.3, 0.4) is 0 Å². The van der Waals surface area contributed by atoms with E-state index in [2.05, 4.69) is 10.3 Å². The molecule has 0 aliphatic rings. The molecule has 0 radical (unpaired) electrons. The molecule has 2 rings (SSSR count). The summed E-state index contributed by atoms with van der Waals surface area (Å²) >= 11 is 7.29. The molecular weight excluding hydrogens is 280 g/mol. The van der Waals surface area contributed by atoms with Gasteiger partial charge < -0.3 is 5.32 Å². The Morgan fingerprint density at radius 2 is 2.16 bits per heavy atom. The lowest BCUT2D eigenvalue weighted by Gasteiger charge is -2.11. The van der Waals surface area contributed by atoms with Gasteiger partial charge >= 0.3 is 0 Å². The molecule has 0 aliphatic heterocycles. The number of nitrogens with one attached hydrogen (secondary N) is 1. The topological polar surface area (TPSA) is 42.0 Å². The monoisotopic (exact) mass is 292 g/mol. The van der Waals surface area contributed by atoms with Gasteiger partial charge in [0.15, 0.2) is 0 Å². The average Bonchev–Trinajstić information content (AvgIpc) is 2.40. The second-order valence-electron chi connectivity index (χ2n) is 3.93. The Bertz CT molecular complexity index is 562. The van der Waals surface area contributed by atoms with Crippen molar-refractivity contribution in [1.82, 2.24) is 4.98 Å². The molecule has 0 bridgehead atoms. The van der Waals surface area contributed by atoms with E-state index in [0.29, 0.717) is 10.7 Å². The largest absolute Gasteiger partial charge is 0.325 e. The number of carbonyl (C=O) groups is 1. The summed E-state index contributed by atoms with van der Waals surface area (Å²) in [5, 5.41) is 4.03. The first kappa shape index (κ1) is 13.9. The van der Waals surface area contributed by atoms with Crippen molar-refractivity contribution in [2.24, 2.45) is 0 Å². The maximum Gasteiger partial charge on any atom is 0.237 e. The van der Waals surface area contributed by atoms with Gasteiger partial charge in [0, 0.05) is 16.9 Å². The van der Waals surface area contributed by atoms with Crippen LogP contribution >= 0.6 is 23.4 Å². The normalized spacial score (nSPS) is 11.9. The fourth-order valence-electron chi connectivity index (χ4n) is 1.46. The van der Waals surface area contributed by atoms with Gasteiger partial charge in [-0.1, -0.05) is 35.5 Å². The molecule has 1 unspecified atom stereocenters. The van der Waals surface area contributed by atoms with E-state index in [9.17, 15) is 4.79 Å². The molecule has 0 aliphatic carbocycles. The first-order valence-electron chi connectivity index (χ1n) is 5.79. The van der Waals surface area contributed by atoms with Crippen molar-refractivity contribution >= 4 is 35.0 Å². The molecule has 1 aromatic carbocycles. The number of hydrogen-bond acceptors (Lipinski definition) is 3. The number of halogens is 1. The summed E-state index contributed by atoms with van der Waals surface area (Å²) in [6.45, 7) is 1.85. The minimum absolute atomic E-state index is 0.0714. The molecule has 0 spiro atoms. The number of nitrogens with zero attached hydrogens (tertiary/aromatic N) is 1. The Hall–Kier alpha value is -1.52. The third-order valence-electron chi connectivity index (χ3n) is 2.40. The third-order valence-corrected chi connectivity index (χ3v) is 3.68. The molecule has 0 fully saturated rings. The van der Waals surface area contributed by atoms with Crippen molar-refractivity contribution in [1.29, 1.82) is 0 Å². The molecule has 1 amide bonds. The van der Waals surface area contributed by atoms with Crippen molar-refractivity contribution in [2.45, 2.75) is 17.2 Å². The molecule has 1 atom stereocenters. The summed E-state index contributed by atoms with van der Waals surface area (Å²) in [5.74, 6) is -0.0714. The van der Waals surface area contributed by atoms with Crippen LogP contribution in [-0.2, 0) is 4.79 Å². The molecular formula is C14H13ClN2OS. The van der Waals surface area contributed by atoms with E-state index >= 15 is 0 Å². The predicted molar refractivity (Wildman–Crippen MR) is 79.6 cm³/mol. The maximum atomic E-state index is 12.0. The Morgan fingerprint density at radius 3 is 2.84 bits per heavy atom. The second-order valence-corrected chi connectivity index (χ2v) is 5.73. The molecule has 19 heavy (non-hydrogen) atoms. The van der Waals surface area contributed by atoms with Gasteiger partial charge in [-0.05, 0) is 37.3 Å². The molecule has 5 heteroatoms. The lowest BCUT2D eigenvalue weighted by Crippen LogP contribution is -2.22. The van der Waals surface area contributed by atoms with E-state index in [1.165, 1.54) is 11.8 Å². The van der Waals surface area contributed by atoms with Crippen LogP contribution in [0.25, 0.3) is 0 Å². The highest BCUT2D eigenvalue weighted by Gasteiger charge is 2.15. The minimum atomic E-state index is -0.228. The molecule has 1 heterocycles. The van der Waals surface area contributed by atoms with E-state index in [4.69, 9.17) is 11.6 Å². The van der Waals surface area contributed by atoms with Gasteiger partial charge in [0.2, 0.25) is 5.91 Å². The highest BCUT2D eigenvalue weighted by molar-refractivity contribution is 8.00. The van der Waals surface area contributed by atoms with Crippen molar-refractivity contribution < 1.29 is 4.79 Å². The predicted octanol–water partition coefficient (Wildman–Crippen LogP) is 3.85. The van der Waals surface area contributed by atoms with Gasteiger partial charge in [-0.3, -0.25) is 4.79 Å². The lowest BCUT2D eigenvalue weighted by atomic mass is 10.3. The fourth-order valence-corrected chi connectivity index (χ4v) is 2.46. The van der Waals surface area contributed by atoms with Crippen LogP contribution in [0.1, 0.15) is 6.92 Å². The second kappa shape index (κ2) is 6.59. The van der Waals surface area contributed by atoms with Gasteiger partial charge in [0.1, 0.15) is 0 Å². The van der Waals surface area contributed by atoms with Crippen molar-refractivity contribution in [3.8, 4) is 0 Å². The molecule has 98 valence electrons. The van der Waals surface area contributed by atoms with Gasteiger partial charge in [-0.15, -0.1) is 0 Å². The van der Waals surface area contributed by atoms with E-state index < -0.39 is 0 Å². The number of thioether (sulfide) groups is 1. The third kappa shape index (κ3) is 4.26. The molecule has 1 N–H and O–H groups in total. The SMILES string of the molecule is CC(Sc1ccccn1)C(=O)Nc1cccc(Cl)c1. The average molecular weight is 293 g/mol. The van der Waals surface area contributed by atoms with Gasteiger partial charge in [-0.2, -0.15) is 0 Å². The fraction of sp³-hybridized carbons (Fsp3) is 0.143. The number of rotatable bonds is 4. The number of benzene rings is 1. The van der Waals surface area contributed by atoms with Crippen molar-refractivity contribution in [3.05, 3.63) is 53.7 Å². The first-order valence-corrected chi connectivity index (χ1v) is 7.05. The molecule has 3 nitrogen and oxygen atoms in total.